The highest BCUT2D eigenvalue weighted by molar-refractivity contribution is 7.10. The highest BCUT2D eigenvalue weighted by Gasteiger charge is 2.21. The quantitative estimate of drug-likeness (QED) is 0.839. The van der Waals surface area contributed by atoms with Crippen molar-refractivity contribution in [2.45, 2.75) is 18.9 Å². The fourth-order valence-corrected chi connectivity index (χ4v) is 3.46. The normalized spacial score (nSPS) is 15.6. The Kier molecular flexibility index (Phi) is 5.54. The van der Waals surface area contributed by atoms with Crippen molar-refractivity contribution in [1.29, 1.82) is 0 Å². The standard InChI is InChI=1S/C19H22N2O2S/c1-23-17-5-2-4-16(14-17)20-15-9-11-21(12-10-15)19(22)8-7-18-6-3-13-24-18/h2-8,13-15,20H,9-12H2,1H3/b8-7-. The van der Waals surface area contributed by atoms with Crippen molar-refractivity contribution in [2.75, 3.05) is 25.5 Å². The summed E-state index contributed by atoms with van der Waals surface area (Å²) in [7, 11) is 1.67. The number of anilines is 1. The topological polar surface area (TPSA) is 41.6 Å². The van der Waals surface area contributed by atoms with Crippen molar-refractivity contribution >= 4 is 29.0 Å². The number of carbonyl (C=O) groups is 1. The number of hydrogen-bond acceptors (Lipinski definition) is 4. The van der Waals surface area contributed by atoms with Gasteiger partial charge in [0.25, 0.3) is 0 Å². The van der Waals surface area contributed by atoms with Crippen molar-refractivity contribution < 1.29 is 9.53 Å². The SMILES string of the molecule is COc1cccc(NC2CCN(C(=O)/C=C\c3cccs3)CC2)c1. The minimum absolute atomic E-state index is 0.100. The Balaban J connectivity index is 1.49. The number of amides is 1. The second kappa shape index (κ2) is 8.02. The molecular formula is C19H22N2O2S. The first kappa shape index (κ1) is 16.6. The Hall–Kier alpha value is -2.27. The third-order valence-corrected chi connectivity index (χ3v) is 5.02. The van der Waals surface area contributed by atoms with Crippen LogP contribution in [0.3, 0.4) is 0 Å². The number of carbonyl (C=O) groups excluding carboxylic acids is 1. The van der Waals surface area contributed by atoms with E-state index in [1.165, 1.54) is 0 Å². The average Bonchev–Trinajstić information content (AvgIpc) is 3.14. The van der Waals surface area contributed by atoms with E-state index < -0.39 is 0 Å². The fraction of sp³-hybridized carbons (Fsp3) is 0.316. The molecule has 1 amide bonds. The third kappa shape index (κ3) is 4.38. The first-order valence-corrected chi connectivity index (χ1v) is 9.03. The number of methoxy groups -OCH3 is 1. The summed E-state index contributed by atoms with van der Waals surface area (Å²) in [5.74, 6) is 0.953. The Bertz CT molecular complexity index is 689. The first-order chi connectivity index (χ1) is 11.7. The predicted octanol–water partition coefficient (Wildman–Crippen LogP) is 3.87. The second-order valence-electron chi connectivity index (χ2n) is 5.82. The van der Waals surface area contributed by atoms with Gasteiger partial charge in [0.05, 0.1) is 7.11 Å². The van der Waals surface area contributed by atoms with Gasteiger partial charge in [0.15, 0.2) is 0 Å². The minimum atomic E-state index is 0.100. The van der Waals surface area contributed by atoms with Gasteiger partial charge in [-0.25, -0.2) is 0 Å². The molecule has 0 aliphatic carbocycles. The molecule has 0 saturated carbocycles. The van der Waals surface area contributed by atoms with Gasteiger partial charge in [0.1, 0.15) is 5.75 Å². The van der Waals surface area contributed by atoms with Crippen molar-refractivity contribution in [1.82, 2.24) is 4.90 Å². The van der Waals surface area contributed by atoms with Crippen LogP contribution in [-0.4, -0.2) is 37.0 Å². The van der Waals surface area contributed by atoms with Crippen molar-refractivity contribution in [2.24, 2.45) is 0 Å². The molecule has 2 aromatic rings. The Morgan fingerprint density at radius 1 is 1.29 bits per heavy atom. The molecule has 5 heteroatoms. The van der Waals surface area contributed by atoms with E-state index in [2.05, 4.69) is 5.32 Å². The van der Waals surface area contributed by atoms with Gasteiger partial charge in [-0.1, -0.05) is 12.1 Å². The highest BCUT2D eigenvalue weighted by Crippen LogP contribution is 2.21. The van der Waals surface area contributed by atoms with Gasteiger partial charge in [0.2, 0.25) is 5.91 Å². The van der Waals surface area contributed by atoms with Gasteiger partial charge in [0, 0.05) is 41.8 Å². The molecule has 3 rings (SSSR count). The average molecular weight is 342 g/mol. The molecule has 24 heavy (non-hydrogen) atoms. The Morgan fingerprint density at radius 2 is 2.12 bits per heavy atom. The van der Waals surface area contributed by atoms with Crippen LogP contribution in [0.5, 0.6) is 5.75 Å². The number of nitrogens with zero attached hydrogens (tertiary/aromatic N) is 1. The summed E-state index contributed by atoms with van der Waals surface area (Å²) in [5.41, 5.74) is 1.07. The van der Waals surface area contributed by atoms with Crippen LogP contribution in [0, 0.1) is 0 Å². The molecule has 0 atom stereocenters. The number of benzene rings is 1. The zero-order chi connectivity index (χ0) is 16.8. The number of piperidine rings is 1. The summed E-state index contributed by atoms with van der Waals surface area (Å²) in [4.78, 5) is 15.3. The molecule has 126 valence electrons. The van der Waals surface area contributed by atoms with Crippen LogP contribution in [0.2, 0.25) is 0 Å². The zero-order valence-electron chi connectivity index (χ0n) is 13.8. The van der Waals surface area contributed by atoms with Gasteiger partial charge in [-0.05, 0) is 42.5 Å². The molecule has 1 aliphatic rings. The summed E-state index contributed by atoms with van der Waals surface area (Å²) >= 11 is 1.64. The number of thiophene rings is 1. The maximum Gasteiger partial charge on any atom is 0.246 e. The van der Waals surface area contributed by atoms with Gasteiger partial charge in [-0.2, -0.15) is 0 Å². The molecule has 1 saturated heterocycles. The van der Waals surface area contributed by atoms with Crippen molar-refractivity contribution in [3.05, 3.63) is 52.7 Å². The molecule has 1 aliphatic heterocycles. The molecule has 4 nitrogen and oxygen atoms in total. The van der Waals surface area contributed by atoms with Gasteiger partial charge >= 0.3 is 0 Å². The zero-order valence-corrected chi connectivity index (χ0v) is 14.6. The maximum atomic E-state index is 12.2. The fourth-order valence-electron chi connectivity index (χ4n) is 2.84. The van der Waals surface area contributed by atoms with Crippen LogP contribution < -0.4 is 10.1 Å². The van der Waals surface area contributed by atoms with Gasteiger partial charge in [-0.3, -0.25) is 4.79 Å². The molecule has 1 fully saturated rings. The largest absolute Gasteiger partial charge is 0.497 e. The third-order valence-electron chi connectivity index (χ3n) is 4.18. The lowest BCUT2D eigenvalue weighted by Gasteiger charge is -2.32. The molecule has 2 heterocycles. The molecule has 1 N–H and O–H groups in total. The van der Waals surface area contributed by atoms with E-state index in [9.17, 15) is 4.79 Å². The molecule has 0 spiro atoms. The van der Waals surface area contributed by atoms with E-state index >= 15 is 0 Å². The molecule has 0 radical (unpaired) electrons. The number of likely N-dealkylation sites (tertiary alicyclic amines) is 1. The number of nitrogens with one attached hydrogen (secondary N) is 1. The molecule has 0 unspecified atom stereocenters. The first-order valence-electron chi connectivity index (χ1n) is 8.15. The van der Waals surface area contributed by atoms with Crippen LogP contribution in [0.1, 0.15) is 17.7 Å². The molecular weight excluding hydrogens is 320 g/mol. The van der Waals surface area contributed by atoms with Crippen molar-refractivity contribution in [3.8, 4) is 5.75 Å². The number of hydrogen-bond donors (Lipinski definition) is 1. The number of ether oxygens (including phenoxy) is 1. The van der Waals surface area contributed by atoms with E-state index in [-0.39, 0.29) is 5.91 Å². The maximum absolute atomic E-state index is 12.2. The summed E-state index contributed by atoms with van der Waals surface area (Å²) < 4.78 is 5.25. The monoisotopic (exact) mass is 342 g/mol. The highest BCUT2D eigenvalue weighted by atomic mass is 32.1. The summed E-state index contributed by atoms with van der Waals surface area (Å²) in [6.07, 6.45) is 5.49. The molecule has 0 bridgehead atoms. The van der Waals surface area contributed by atoms with E-state index in [4.69, 9.17) is 4.74 Å². The predicted molar refractivity (Wildman–Crippen MR) is 99.6 cm³/mol. The van der Waals surface area contributed by atoms with Crippen LogP contribution in [0.15, 0.2) is 47.9 Å². The summed E-state index contributed by atoms with van der Waals surface area (Å²) in [6, 6.07) is 12.4. The summed E-state index contributed by atoms with van der Waals surface area (Å²) in [6.45, 7) is 1.57. The van der Waals surface area contributed by atoms with Crippen LogP contribution in [-0.2, 0) is 4.79 Å². The van der Waals surface area contributed by atoms with Gasteiger partial charge in [-0.15, -0.1) is 11.3 Å². The summed E-state index contributed by atoms with van der Waals surface area (Å²) in [5, 5.41) is 5.55. The molecule has 1 aromatic heterocycles. The van der Waals surface area contributed by atoms with E-state index in [0.717, 1.165) is 42.2 Å². The smallest absolute Gasteiger partial charge is 0.246 e. The Labute approximate surface area is 146 Å². The molecule has 1 aromatic carbocycles. The lowest BCUT2D eigenvalue weighted by Crippen LogP contribution is -2.41. The van der Waals surface area contributed by atoms with E-state index in [1.54, 1.807) is 24.5 Å². The van der Waals surface area contributed by atoms with Crippen LogP contribution in [0.4, 0.5) is 5.69 Å². The van der Waals surface area contributed by atoms with Crippen LogP contribution >= 0.6 is 11.3 Å². The lowest BCUT2D eigenvalue weighted by molar-refractivity contribution is -0.126. The lowest BCUT2D eigenvalue weighted by atomic mass is 10.0. The van der Waals surface area contributed by atoms with Gasteiger partial charge < -0.3 is 15.0 Å². The van der Waals surface area contributed by atoms with E-state index in [0.29, 0.717) is 6.04 Å². The van der Waals surface area contributed by atoms with E-state index in [1.807, 2.05) is 52.8 Å². The minimum Gasteiger partial charge on any atom is -0.497 e. The van der Waals surface area contributed by atoms with Crippen molar-refractivity contribution in [3.63, 3.8) is 0 Å². The number of rotatable bonds is 5. The van der Waals surface area contributed by atoms with Crippen LogP contribution in [0.25, 0.3) is 6.08 Å². The second-order valence-corrected chi connectivity index (χ2v) is 6.80. The Morgan fingerprint density at radius 3 is 2.83 bits per heavy atom.